The summed E-state index contributed by atoms with van der Waals surface area (Å²) in [6.45, 7) is 2.86. The zero-order valence-corrected chi connectivity index (χ0v) is 9.92. The highest BCUT2D eigenvalue weighted by Crippen LogP contribution is 2.26. The first-order valence-electron chi connectivity index (χ1n) is 6.10. The predicted octanol–water partition coefficient (Wildman–Crippen LogP) is 2.11. The monoisotopic (exact) mass is 213 g/mol. The molecule has 0 aromatic carbocycles. The topological polar surface area (TPSA) is 38.3 Å². The van der Waals surface area contributed by atoms with Gasteiger partial charge in [0, 0.05) is 0 Å². The van der Waals surface area contributed by atoms with Gasteiger partial charge in [-0.05, 0) is 25.3 Å². The highest BCUT2D eigenvalue weighted by atomic mass is 16.5. The Morgan fingerprint density at radius 3 is 2.40 bits per heavy atom. The molecule has 1 aliphatic carbocycles. The van der Waals surface area contributed by atoms with Crippen LogP contribution in [0.1, 0.15) is 45.4 Å². The zero-order chi connectivity index (χ0) is 11.1. The molecule has 0 aliphatic heterocycles. The molecule has 1 N–H and O–H groups in total. The Morgan fingerprint density at radius 1 is 1.33 bits per heavy atom. The summed E-state index contributed by atoms with van der Waals surface area (Å²) in [5, 5.41) is 3.26. The van der Waals surface area contributed by atoms with Crippen LogP contribution in [-0.2, 0) is 9.53 Å². The van der Waals surface area contributed by atoms with Crippen molar-refractivity contribution < 1.29 is 9.53 Å². The third kappa shape index (κ3) is 3.82. The second-order valence-electron chi connectivity index (χ2n) is 4.31. The quantitative estimate of drug-likeness (QED) is 0.574. The maximum absolute atomic E-state index is 11.6. The number of rotatable bonds is 4. The molecule has 1 rings (SSSR count). The molecular formula is C12H23NO2. The Balaban J connectivity index is 2.55. The molecule has 0 saturated heterocycles. The average molecular weight is 213 g/mol. The fraction of sp³-hybridized carbons (Fsp3) is 0.917. The normalized spacial score (nSPS) is 20.7. The molecule has 1 fully saturated rings. The largest absolute Gasteiger partial charge is 0.468 e. The minimum Gasteiger partial charge on any atom is -0.468 e. The Hall–Kier alpha value is -0.570. The molecule has 0 spiro atoms. The van der Waals surface area contributed by atoms with Gasteiger partial charge < -0.3 is 10.1 Å². The lowest BCUT2D eigenvalue weighted by atomic mass is 9.92. The SMILES string of the molecule is CCNC(C(=O)OC)C1CCCCCC1. The van der Waals surface area contributed by atoms with Crippen molar-refractivity contribution in [1.29, 1.82) is 0 Å². The van der Waals surface area contributed by atoms with Gasteiger partial charge in [0.2, 0.25) is 0 Å². The number of methoxy groups -OCH3 is 1. The fourth-order valence-electron chi connectivity index (χ4n) is 2.43. The van der Waals surface area contributed by atoms with Crippen LogP contribution in [0.2, 0.25) is 0 Å². The Bertz CT molecular complexity index is 186. The maximum Gasteiger partial charge on any atom is 0.323 e. The van der Waals surface area contributed by atoms with E-state index in [-0.39, 0.29) is 12.0 Å². The van der Waals surface area contributed by atoms with Gasteiger partial charge in [0.05, 0.1) is 7.11 Å². The van der Waals surface area contributed by atoms with Crippen molar-refractivity contribution in [3.63, 3.8) is 0 Å². The van der Waals surface area contributed by atoms with Gasteiger partial charge in [-0.1, -0.05) is 32.6 Å². The molecule has 1 unspecified atom stereocenters. The molecule has 0 bridgehead atoms. The molecule has 0 heterocycles. The Morgan fingerprint density at radius 2 is 1.93 bits per heavy atom. The summed E-state index contributed by atoms with van der Waals surface area (Å²) in [5.74, 6) is 0.378. The molecule has 0 radical (unpaired) electrons. The summed E-state index contributed by atoms with van der Waals surface area (Å²) >= 11 is 0. The van der Waals surface area contributed by atoms with Crippen LogP contribution >= 0.6 is 0 Å². The molecule has 0 amide bonds. The van der Waals surface area contributed by atoms with Gasteiger partial charge in [0.1, 0.15) is 6.04 Å². The minimum atomic E-state index is -0.0938. The number of ether oxygens (including phenoxy) is 1. The molecule has 88 valence electrons. The van der Waals surface area contributed by atoms with Crippen molar-refractivity contribution in [3.8, 4) is 0 Å². The number of nitrogens with one attached hydrogen (secondary N) is 1. The molecule has 0 aromatic rings. The number of esters is 1. The third-order valence-electron chi connectivity index (χ3n) is 3.25. The van der Waals surface area contributed by atoms with Gasteiger partial charge in [-0.2, -0.15) is 0 Å². The summed E-state index contributed by atoms with van der Waals surface area (Å²) in [6.07, 6.45) is 7.46. The first kappa shape index (κ1) is 12.5. The van der Waals surface area contributed by atoms with Crippen LogP contribution in [0, 0.1) is 5.92 Å². The van der Waals surface area contributed by atoms with Gasteiger partial charge in [0.15, 0.2) is 0 Å². The van der Waals surface area contributed by atoms with Crippen LogP contribution in [0.15, 0.2) is 0 Å². The smallest absolute Gasteiger partial charge is 0.323 e. The Kier molecular flexibility index (Phi) is 5.69. The first-order chi connectivity index (χ1) is 7.29. The number of hydrogen-bond donors (Lipinski definition) is 1. The van der Waals surface area contributed by atoms with Gasteiger partial charge in [0.25, 0.3) is 0 Å². The zero-order valence-electron chi connectivity index (χ0n) is 9.92. The van der Waals surface area contributed by atoms with Crippen LogP contribution in [0.3, 0.4) is 0 Å². The van der Waals surface area contributed by atoms with Crippen LogP contribution in [0.5, 0.6) is 0 Å². The summed E-state index contributed by atoms with van der Waals surface area (Å²) in [7, 11) is 1.48. The van der Waals surface area contributed by atoms with E-state index < -0.39 is 0 Å². The van der Waals surface area contributed by atoms with E-state index in [4.69, 9.17) is 4.74 Å². The van der Waals surface area contributed by atoms with Crippen molar-refractivity contribution in [3.05, 3.63) is 0 Å². The van der Waals surface area contributed by atoms with Crippen LogP contribution in [0.25, 0.3) is 0 Å². The lowest BCUT2D eigenvalue weighted by Crippen LogP contribution is -2.43. The van der Waals surface area contributed by atoms with Crippen molar-refractivity contribution >= 4 is 5.97 Å². The number of carbonyl (C=O) groups excluding carboxylic acids is 1. The Labute approximate surface area is 92.6 Å². The second-order valence-corrected chi connectivity index (χ2v) is 4.31. The van der Waals surface area contributed by atoms with E-state index >= 15 is 0 Å². The van der Waals surface area contributed by atoms with Crippen LogP contribution in [-0.4, -0.2) is 25.7 Å². The molecular weight excluding hydrogens is 190 g/mol. The van der Waals surface area contributed by atoms with E-state index in [1.165, 1.54) is 32.8 Å². The lowest BCUT2D eigenvalue weighted by Gasteiger charge is -2.24. The maximum atomic E-state index is 11.6. The first-order valence-corrected chi connectivity index (χ1v) is 6.10. The molecule has 1 atom stereocenters. The van der Waals surface area contributed by atoms with Gasteiger partial charge >= 0.3 is 5.97 Å². The van der Waals surface area contributed by atoms with E-state index in [0.29, 0.717) is 5.92 Å². The molecule has 3 nitrogen and oxygen atoms in total. The van der Waals surface area contributed by atoms with Crippen molar-refractivity contribution in [2.24, 2.45) is 5.92 Å². The molecule has 0 aromatic heterocycles. The lowest BCUT2D eigenvalue weighted by molar-refractivity contribution is -0.144. The van der Waals surface area contributed by atoms with E-state index in [9.17, 15) is 4.79 Å². The number of carbonyl (C=O) groups is 1. The summed E-state index contributed by atoms with van der Waals surface area (Å²) in [5.41, 5.74) is 0. The summed E-state index contributed by atoms with van der Waals surface area (Å²) in [4.78, 5) is 11.6. The molecule has 1 saturated carbocycles. The highest BCUT2D eigenvalue weighted by molar-refractivity contribution is 5.76. The molecule has 1 aliphatic rings. The van der Waals surface area contributed by atoms with E-state index in [0.717, 1.165) is 19.4 Å². The third-order valence-corrected chi connectivity index (χ3v) is 3.25. The van der Waals surface area contributed by atoms with Crippen molar-refractivity contribution in [2.75, 3.05) is 13.7 Å². The van der Waals surface area contributed by atoms with Gasteiger partial charge in [-0.15, -0.1) is 0 Å². The standard InChI is InChI=1S/C12H23NO2/c1-3-13-11(12(14)15-2)10-8-6-4-5-7-9-10/h10-11,13H,3-9H2,1-2H3. The predicted molar refractivity (Wildman–Crippen MR) is 60.7 cm³/mol. The number of hydrogen-bond acceptors (Lipinski definition) is 3. The average Bonchev–Trinajstić information content (AvgIpc) is 2.53. The fourth-order valence-corrected chi connectivity index (χ4v) is 2.43. The van der Waals surface area contributed by atoms with E-state index in [2.05, 4.69) is 5.32 Å². The number of likely N-dealkylation sites (N-methyl/N-ethyl adjacent to an activating group) is 1. The van der Waals surface area contributed by atoms with Crippen molar-refractivity contribution in [1.82, 2.24) is 5.32 Å². The second kappa shape index (κ2) is 6.83. The van der Waals surface area contributed by atoms with Crippen molar-refractivity contribution in [2.45, 2.75) is 51.5 Å². The van der Waals surface area contributed by atoms with Gasteiger partial charge in [-0.3, -0.25) is 4.79 Å². The van der Waals surface area contributed by atoms with Crippen LogP contribution < -0.4 is 5.32 Å². The molecule has 15 heavy (non-hydrogen) atoms. The van der Waals surface area contributed by atoms with Crippen LogP contribution in [0.4, 0.5) is 0 Å². The summed E-state index contributed by atoms with van der Waals surface area (Å²) in [6, 6.07) is -0.0851. The molecule has 3 heteroatoms. The van der Waals surface area contributed by atoms with E-state index in [1.54, 1.807) is 0 Å². The summed E-state index contributed by atoms with van der Waals surface area (Å²) < 4.78 is 4.86. The van der Waals surface area contributed by atoms with E-state index in [1.807, 2.05) is 6.92 Å². The minimum absolute atomic E-state index is 0.0851. The van der Waals surface area contributed by atoms with Gasteiger partial charge in [-0.25, -0.2) is 0 Å². The highest BCUT2D eigenvalue weighted by Gasteiger charge is 2.28.